The van der Waals surface area contributed by atoms with Crippen LogP contribution in [0.25, 0.3) is 0 Å². The average Bonchev–Trinajstić information content (AvgIpc) is 3.52. The van der Waals surface area contributed by atoms with E-state index in [4.69, 9.17) is 0 Å². The Morgan fingerprint density at radius 1 is 0.857 bits per heavy atom. The second kappa shape index (κ2) is 13.7. The van der Waals surface area contributed by atoms with Crippen molar-refractivity contribution in [1.29, 1.82) is 0 Å². The van der Waals surface area contributed by atoms with Crippen LogP contribution in [0.4, 0.5) is 5.69 Å². The van der Waals surface area contributed by atoms with Gasteiger partial charge in [-0.2, -0.15) is 0 Å². The van der Waals surface area contributed by atoms with E-state index >= 15 is 0 Å². The van der Waals surface area contributed by atoms with Gasteiger partial charge in [-0.1, -0.05) is 27.7 Å². The molecule has 0 aromatic heterocycles. The van der Waals surface area contributed by atoms with Crippen molar-refractivity contribution < 1.29 is 24.0 Å². The SMILES string of the molecule is CC(=O)NC(CC(C)C)C(=O)N1CC(=O)C2C1CCN2C(=O)C(CC(C)C)NC(=O)c1ccc(N2CCNCC2)cc1. The van der Waals surface area contributed by atoms with Crippen LogP contribution in [0.5, 0.6) is 0 Å². The molecule has 4 rings (SSSR count). The predicted molar refractivity (Wildman–Crippen MR) is 160 cm³/mol. The highest BCUT2D eigenvalue weighted by Gasteiger charge is 2.53. The number of nitrogens with zero attached hydrogens (tertiary/aromatic N) is 3. The maximum atomic E-state index is 13.9. The standard InChI is InChI=1S/C31H46N6O5/c1-19(2)16-24(33-21(5)38)31(42)37-18-27(39)28-26(37)10-13-36(28)30(41)25(17-20(3)4)34-29(40)22-6-8-23(9-7-22)35-14-11-32-12-15-35/h6-9,19-20,24-26,28,32H,10-18H2,1-5H3,(H,33,38)(H,34,40). The Morgan fingerprint density at radius 3 is 2.00 bits per heavy atom. The van der Waals surface area contributed by atoms with E-state index in [2.05, 4.69) is 20.9 Å². The number of likely N-dealkylation sites (tertiary alicyclic amines) is 2. The van der Waals surface area contributed by atoms with Crippen LogP contribution in [0.15, 0.2) is 24.3 Å². The lowest BCUT2D eigenvalue weighted by Crippen LogP contribution is -2.53. The number of amides is 4. The molecule has 4 amide bonds. The van der Waals surface area contributed by atoms with Gasteiger partial charge in [0.05, 0.1) is 12.6 Å². The minimum atomic E-state index is -0.797. The molecule has 3 aliphatic rings. The zero-order valence-corrected chi connectivity index (χ0v) is 25.5. The molecule has 3 heterocycles. The summed E-state index contributed by atoms with van der Waals surface area (Å²) in [6.07, 6.45) is 1.35. The lowest BCUT2D eigenvalue weighted by molar-refractivity contribution is -0.138. The van der Waals surface area contributed by atoms with E-state index in [1.807, 2.05) is 39.8 Å². The molecule has 0 radical (unpaired) electrons. The second-order valence-corrected chi connectivity index (χ2v) is 12.6. The third-order valence-corrected chi connectivity index (χ3v) is 8.29. The number of carbonyl (C=O) groups excluding carboxylic acids is 5. The summed E-state index contributed by atoms with van der Waals surface area (Å²) in [5.74, 6) is -1.12. The zero-order chi connectivity index (χ0) is 30.6. The molecular weight excluding hydrogens is 536 g/mol. The summed E-state index contributed by atoms with van der Waals surface area (Å²) >= 11 is 0. The van der Waals surface area contributed by atoms with Crippen LogP contribution in [0, 0.1) is 11.8 Å². The van der Waals surface area contributed by atoms with E-state index in [1.165, 1.54) is 6.92 Å². The highest BCUT2D eigenvalue weighted by Crippen LogP contribution is 2.32. The first-order valence-corrected chi connectivity index (χ1v) is 15.2. The highest BCUT2D eigenvalue weighted by molar-refractivity contribution is 6.01. The molecule has 11 nitrogen and oxygen atoms in total. The molecule has 0 bridgehead atoms. The third kappa shape index (κ3) is 7.29. The molecule has 0 saturated carbocycles. The van der Waals surface area contributed by atoms with Crippen molar-refractivity contribution in [3.63, 3.8) is 0 Å². The lowest BCUT2D eigenvalue weighted by Gasteiger charge is -2.30. The second-order valence-electron chi connectivity index (χ2n) is 12.6. The number of rotatable bonds is 10. The normalized spacial score (nSPS) is 21.9. The van der Waals surface area contributed by atoms with Crippen LogP contribution in [-0.4, -0.2) is 103 Å². The molecule has 1 aromatic carbocycles. The number of ketones is 1. The number of benzene rings is 1. The molecule has 11 heteroatoms. The Labute approximate surface area is 248 Å². The van der Waals surface area contributed by atoms with Crippen molar-refractivity contribution >= 4 is 35.1 Å². The van der Waals surface area contributed by atoms with Gasteiger partial charge >= 0.3 is 0 Å². The van der Waals surface area contributed by atoms with Crippen molar-refractivity contribution in [2.75, 3.05) is 44.2 Å². The minimum absolute atomic E-state index is 0.0905. The fourth-order valence-electron chi connectivity index (χ4n) is 6.38. The summed E-state index contributed by atoms with van der Waals surface area (Å²) in [4.78, 5) is 71.0. The molecule has 3 N–H and O–H groups in total. The molecule has 3 fully saturated rings. The predicted octanol–water partition coefficient (Wildman–Crippen LogP) is 1.17. The van der Waals surface area contributed by atoms with Crippen LogP contribution in [-0.2, 0) is 19.2 Å². The van der Waals surface area contributed by atoms with Crippen molar-refractivity contribution in [1.82, 2.24) is 25.8 Å². The van der Waals surface area contributed by atoms with Gasteiger partial charge in [-0.3, -0.25) is 24.0 Å². The number of hydrogen-bond donors (Lipinski definition) is 3. The number of fused-ring (bicyclic) bond motifs is 1. The summed E-state index contributed by atoms with van der Waals surface area (Å²) in [6.45, 7) is 13.2. The smallest absolute Gasteiger partial charge is 0.251 e. The third-order valence-electron chi connectivity index (χ3n) is 8.29. The molecular formula is C31H46N6O5. The van der Waals surface area contributed by atoms with Gasteiger partial charge in [0.25, 0.3) is 5.91 Å². The van der Waals surface area contributed by atoms with E-state index in [0.29, 0.717) is 31.4 Å². The fourth-order valence-corrected chi connectivity index (χ4v) is 6.38. The largest absolute Gasteiger partial charge is 0.369 e. The molecule has 230 valence electrons. The van der Waals surface area contributed by atoms with Crippen molar-refractivity contribution in [2.24, 2.45) is 11.8 Å². The molecule has 4 unspecified atom stereocenters. The Balaban J connectivity index is 1.46. The first-order valence-electron chi connectivity index (χ1n) is 15.2. The fraction of sp³-hybridized carbons (Fsp3) is 0.645. The van der Waals surface area contributed by atoms with Gasteiger partial charge in [-0.05, 0) is 55.4 Å². The summed E-state index contributed by atoms with van der Waals surface area (Å²) in [5.41, 5.74) is 1.52. The first-order chi connectivity index (χ1) is 20.0. The molecule has 3 saturated heterocycles. The molecule has 0 aliphatic carbocycles. The molecule has 42 heavy (non-hydrogen) atoms. The molecule has 4 atom stereocenters. The minimum Gasteiger partial charge on any atom is -0.369 e. The van der Waals surface area contributed by atoms with E-state index in [1.54, 1.807) is 21.9 Å². The average molecular weight is 583 g/mol. The Hall–Kier alpha value is -3.47. The molecule has 3 aliphatic heterocycles. The van der Waals surface area contributed by atoms with Gasteiger partial charge < -0.3 is 30.7 Å². The van der Waals surface area contributed by atoms with Gasteiger partial charge in [0, 0.05) is 50.9 Å². The van der Waals surface area contributed by atoms with Crippen molar-refractivity contribution in [3.8, 4) is 0 Å². The highest BCUT2D eigenvalue weighted by atomic mass is 16.2. The van der Waals surface area contributed by atoms with E-state index in [9.17, 15) is 24.0 Å². The number of piperazine rings is 1. The van der Waals surface area contributed by atoms with Gasteiger partial charge in [0.1, 0.15) is 18.1 Å². The number of anilines is 1. The van der Waals surface area contributed by atoms with Crippen LogP contribution in [0.2, 0.25) is 0 Å². The molecule has 1 aromatic rings. The quantitative estimate of drug-likeness (QED) is 0.378. The van der Waals surface area contributed by atoms with E-state index < -0.39 is 24.2 Å². The van der Waals surface area contributed by atoms with Gasteiger partial charge in [-0.25, -0.2) is 0 Å². The Morgan fingerprint density at radius 2 is 1.43 bits per heavy atom. The molecule has 0 spiro atoms. The summed E-state index contributed by atoms with van der Waals surface area (Å²) in [5, 5.41) is 9.01. The topological polar surface area (TPSA) is 131 Å². The summed E-state index contributed by atoms with van der Waals surface area (Å²) < 4.78 is 0. The lowest BCUT2D eigenvalue weighted by atomic mass is 10.0. The van der Waals surface area contributed by atoms with Crippen molar-refractivity contribution in [2.45, 2.75) is 78.0 Å². The van der Waals surface area contributed by atoms with Crippen LogP contribution in [0.3, 0.4) is 0 Å². The number of nitrogens with one attached hydrogen (secondary N) is 3. The first kappa shape index (κ1) is 31.5. The van der Waals surface area contributed by atoms with Gasteiger partial charge in [-0.15, -0.1) is 0 Å². The summed E-state index contributed by atoms with van der Waals surface area (Å²) in [7, 11) is 0. The number of carbonyl (C=O) groups is 5. The number of Topliss-reactive ketones (excluding diaryl/α,β-unsaturated/α-hetero) is 1. The van der Waals surface area contributed by atoms with Gasteiger partial charge in [0.2, 0.25) is 17.7 Å². The monoisotopic (exact) mass is 582 g/mol. The Kier molecular flexibility index (Phi) is 10.2. The van der Waals surface area contributed by atoms with Crippen LogP contribution in [0.1, 0.15) is 64.2 Å². The summed E-state index contributed by atoms with van der Waals surface area (Å²) in [6, 6.07) is 4.72. The maximum Gasteiger partial charge on any atom is 0.251 e. The van der Waals surface area contributed by atoms with Gasteiger partial charge in [0.15, 0.2) is 5.78 Å². The van der Waals surface area contributed by atoms with E-state index in [0.717, 1.165) is 31.9 Å². The van der Waals surface area contributed by atoms with Crippen LogP contribution >= 0.6 is 0 Å². The zero-order valence-electron chi connectivity index (χ0n) is 25.5. The van der Waals surface area contributed by atoms with E-state index in [-0.39, 0.29) is 47.8 Å². The Bertz CT molecular complexity index is 1160. The van der Waals surface area contributed by atoms with Crippen LogP contribution < -0.4 is 20.9 Å². The van der Waals surface area contributed by atoms with Crippen molar-refractivity contribution in [3.05, 3.63) is 29.8 Å². The number of hydrogen-bond acceptors (Lipinski definition) is 7. The maximum absolute atomic E-state index is 13.9.